The average Bonchev–Trinajstić information content (AvgIpc) is 2.01. The standard InChI is InChI=1S/C8H10ClO3PS/c1-13(2,10)7-4-3-5-8(6-7)14(9,11)12/h3-6H,1-2H3. The van der Waals surface area contributed by atoms with E-state index in [1.165, 1.54) is 18.2 Å². The lowest BCUT2D eigenvalue weighted by Gasteiger charge is -2.07. The van der Waals surface area contributed by atoms with Crippen LogP contribution in [-0.4, -0.2) is 21.7 Å². The first kappa shape index (κ1) is 11.8. The molecule has 0 unspecified atom stereocenters. The molecule has 0 heterocycles. The molecule has 0 radical (unpaired) electrons. The predicted molar refractivity (Wildman–Crippen MR) is 58.6 cm³/mol. The molecule has 0 aromatic heterocycles. The molecule has 0 aliphatic heterocycles. The molecule has 0 spiro atoms. The highest BCUT2D eigenvalue weighted by molar-refractivity contribution is 8.13. The maximum Gasteiger partial charge on any atom is 0.261 e. The van der Waals surface area contributed by atoms with Gasteiger partial charge in [-0.25, -0.2) is 8.42 Å². The molecule has 0 aliphatic carbocycles. The van der Waals surface area contributed by atoms with Gasteiger partial charge in [0, 0.05) is 16.0 Å². The van der Waals surface area contributed by atoms with Crippen LogP contribution >= 0.6 is 17.8 Å². The highest BCUT2D eigenvalue weighted by atomic mass is 35.7. The summed E-state index contributed by atoms with van der Waals surface area (Å²) in [5.41, 5.74) is 0. The van der Waals surface area contributed by atoms with E-state index in [2.05, 4.69) is 0 Å². The summed E-state index contributed by atoms with van der Waals surface area (Å²) in [5, 5.41) is 0.513. The minimum atomic E-state index is -3.73. The third-order valence-electron chi connectivity index (χ3n) is 1.72. The van der Waals surface area contributed by atoms with E-state index in [0.29, 0.717) is 5.30 Å². The van der Waals surface area contributed by atoms with Crippen molar-refractivity contribution in [1.82, 2.24) is 0 Å². The molecule has 1 rings (SSSR count). The van der Waals surface area contributed by atoms with Crippen molar-refractivity contribution in [2.24, 2.45) is 0 Å². The average molecular weight is 253 g/mol. The van der Waals surface area contributed by atoms with Gasteiger partial charge in [0.25, 0.3) is 9.05 Å². The lowest BCUT2D eigenvalue weighted by atomic mass is 10.4. The van der Waals surface area contributed by atoms with Crippen LogP contribution in [0.25, 0.3) is 0 Å². The molecule has 1 aromatic rings. The van der Waals surface area contributed by atoms with Gasteiger partial charge in [0.1, 0.15) is 7.14 Å². The first-order valence-corrected chi connectivity index (χ1v) is 8.72. The van der Waals surface area contributed by atoms with E-state index in [1.54, 1.807) is 19.4 Å². The normalized spacial score (nSPS) is 12.8. The minimum Gasteiger partial charge on any atom is -0.319 e. The highest BCUT2D eigenvalue weighted by Crippen LogP contribution is 2.35. The molecule has 1 aromatic carbocycles. The fraction of sp³-hybridized carbons (Fsp3) is 0.250. The molecule has 3 nitrogen and oxygen atoms in total. The molecule has 78 valence electrons. The van der Waals surface area contributed by atoms with Crippen LogP contribution in [0.15, 0.2) is 29.2 Å². The number of hydrogen-bond acceptors (Lipinski definition) is 3. The Kier molecular flexibility index (Phi) is 3.10. The SMILES string of the molecule is CP(C)(=O)c1cccc(S(=O)(=O)Cl)c1. The second-order valence-corrected chi connectivity index (χ2v) is 9.07. The van der Waals surface area contributed by atoms with Crippen LogP contribution in [0.2, 0.25) is 0 Å². The smallest absolute Gasteiger partial charge is 0.261 e. The quantitative estimate of drug-likeness (QED) is 0.596. The Morgan fingerprint density at radius 1 is 1.29 bits per heavy atom. The third kappa shape index (κ3) is 2.84. The summed E-state index contributed by atoms with van der Waals surface area (Å²) >= 11 is 0. The van der Waals surface area contributed by atoms with Gasteiger partial charge in [-0.05, 0) is 25.5 Å². The number of hydrogen-bond donors (Lipinski definition) is 0. The number of benzene rings is 1. The summed E-state index contributed by atoms with van der Waals surface area (Å²) in [6.07, 6.45) is 0. The molecular formula is C8H10ClO3PS. The largest absolute Gasteiger partial charge is 0.319 e. The van der Waals surface area contributed by atoms with E-state index in [0.717, 1.165) is 0 Å². The molecule has 6 heteroatoms. The van der Waals surface area contributed by atoms with Crippen LogP contribution in [0.5, 0.6) is 0 Å². The maximum atomic E-state index is 11.7. The molecule has 0 saturated carbocycles. The Bertz CT molecular complexity index is 489. The molecule has 14 heavy (non-hydrogen) atoms. The summed E-state index contributed by atoms with van der Waals surface area (Å²) < 4.78 is 33.6. The molecule has 0 bridgehead atoms. The number of rotatable bonds is 2. The molecule has 0 aliphatic rings. The Hall–Kier alpha value is -0.310. The molecular weight excluding hydrogens is 243 g/mol. The summed E-state index contributed by atoms with van der Waals surface area (Å²) in [5.74, 6) is 0. The van der Waals surface area contributed by atoms with E-state index in [9.17, 15) is 13.0 Å². The first-order valence-electron chi connectivity index (χ1n) is 3.81. The maximum absolute atomic E-state index is 11.7. The van der Waals surface area contributed by atoms with Gasteiger partial charge >= 0.3 is 0 Å². The summed E-state index contributed by atoms with van der Waals surface area (Å²) in [6.45, 7) is 3.15. The van der Waals surface area contributed by atoms with E-state index >= 15 is 0 Å². The molecule has 0 fully saturated rings. The van der Waals surface area contributed by atoms with E-state index in [1.807, 2.05) is 0 Å². The lowest BCUT2D eigenvalue weighted by molar-refractivity contribution is 0.588. The summed E-state index contributed by atoms with van der Waals surface area (Å²) in [6, 6.07) is 5.89. The molecule has 0 amide bonds. The molecule has 0 atom stereocenters. The van der Waals surface area contributed by atoms with Crippen LogP contribution in [0.4, 0.5) is 0 Å². The van der Waals surface area contributed by atoms with Crippen LogP contribution < -0.4 is 5.30 Å². The van der Waals surface area contributed by atoms with Gasteiger partial charge in [0.15, 0.2) is 0 Å². The van der Waals surface area contributed by atoms with E-state index in [-0.39, 0.29) is 4.90 Å². The van der Waals surface area contributed by atoms with Gasteiger partial charge in [-0.1, -0.05) is 12.1 Å². The van der Waals surface area contributed by atoms with Crippen molar-refractivity contribution < 1.29 is 13.0 Å². The second kappa shape index (κ2) is 3.69. The van der Waals surface area contributed by atoms with Gasteiger partial charge in [0.05, 0.1) is 4.90 Å². The zero-order chi connectivity index (χ0) is 11.0. The fourth-order valence-electron chi connectivity index (χ4n) is 0.970. The van der Waals surface area contributed by atoms with Crippen LogP contribution in [0.1, 0.15) is 0 Å². The predicted octanol–water partition coefficient (Wildman–Crippen LogP) is 1.86. The lowest BCUT2D eigenvalue weighted by Crippen LogP contribution is -2.04. The monoisotopic (exact) mass is 252 g/mol. The minimum absolute atomic E-state index is 0.0133. The Morgan fingerprint density at radius 3 is 2.29 bits per heavy atom. The van der Waals surface area contributed by atoms with Crippen molar-refractivity contribution in [3.8, 4) is 0 Å². The number of halogens is 1. The van der Waals surface area contributed by atoms with Crippen molar-refractivity contribution >= 4 is 32.2 Å². The van der Waals surface area contributed by atoms with Crippen LogP contribution in [-0.2, 0) is 13.6 Å². The van der Waals surface area contributed by atoms with E-state index in [4.69, 9.17) is 10.7 Å². The summed E-state index contributed by atoms with van der Waals surface area (Å²) in [4.78, 5) is -0.0133. The van der Waals surface area contributed by atoms with Gasteiger partial charge in [-0.2, -0.15) is 0 Å². The Labute approximate surface area is 87.9 Å². The highest BCUT2D eigenvalue weighted by Gasteiger charge is 2.15. The van der Waals surface area contributed by atoms with Crippen molar-refractivity contribution in [2.45, 2.75) is 4.90 Å². The van der Waals surface area contributed by atoms with E-state index < -0.39 is 16.2 Å². The topological polar surface area (TPSA) is 51.2 Å². The summed E-state index contributed by atoms with van der Waals surface area (Å²) in [7, 11) is -1.01. The zero-order valence-corrected chi connectivity index (χ0v) is 10.2. The van der Waals surface area contributed by atoms with Crippen molar-refractivity contribution in [1.29, 1.82) is 0 Å². The zero-order valence-electron chi connectivity index (χ0n) is 7.77. The Morgan fingerprint density at radius 2 is 1.86 bits per heavy atom. The Balaban J connectivity index is 3.36. The first-order chi connectivity index (χ1) is 6.21. The van der Waals surface area contributed by atoms with Crippen LogP contribution in [0.3, 0.4) is 0 Å². The van der Waals surface area contributed by atoms with Gasteiger partial charge in [0.2, 0.25) is 0 Å². The second-order valence-electron chi connectivity index (χ2n) is 3.29. The van der Waals surface area contributed by atoms with Gasteiger partial charge < -0.3 is 4.57 Å². The van der Waals surface area contributed by atoms with Crippen molar-refractivity contribution in [3.05, 3.63) is 24.3 Å². The van der Waals surface area contributed by atoms with Crippen LogP contribution in [0, 0.1) is 0 Å². The molecule has 0 N–H and O–H groups in total. The fourth-order valence-corrected chi connectivity index (χ4v) is 2.75. The van der Waals surface area contributed by atoms with Crippen molar-refractivity contribution in [3.63, 3.8) is 0 Å². The van der Waals surface area contributed by atoms with Crippen molar-refractivity contribution in [2.75, 3.05) is 13.3 Å². The molecule has 0 saturated heterocycles. The third-order valence-corrected chi connectivity index (χ3v) is 4.59. The van der Waals surface area contributed by atoms with Gasteiger partial charge in [-0.3, -0.25) is 0 Å². The van der Waals surface area contributed by atoms with Gasteiger partial charge in [-0.15, -0.1) is 0 Å².